The number of aryl methyl sites for hydroxylation is 1. The Morgan fingerprint density at radius 3 is 2.90 bits per heavy atom. The number of thiazole rings is 1. The summed E-state index contributed by atoms with van der Waals surface area (Å²) < 4.78 is 10.9. The molecular weight excluding hydrogens is 434 g/mol. The van der Waals surface area contributed by atoms with E-state index in [1.165, 1.54) is 11.3 Å². The first-order valence-corrected chi connectivity index (χ1v) is 11.5. The van der Waals surface area contributed by atoms with E-state index < -0.39 is 0 Å². The molecule has 158 valence electrons. The minimum Gasteiger partial charge on any atom is -0.454 e. The molecule has 1 atom stereocenters. The van der Waals surface area contributed by atoms with Gasteiger partial charge in [-0.2, -0.15) is 0 Å². The molecule has 2 amide bonds. The summed E-state index contributed by atoms with van der Waals surface area (Å²) in [6.45, 7) is 2.01. The van der Waals surface area contributed by atoms with E-state index in [1.807, 2.05) is 54.8 Å². The smallest absolute Gasteiger partial charge is 0.246 e. The number of fused-ring (bicyclic) bond motifs is 2. The molecule has 0 saturated carbocycles. The number of carbonyl (C=O) groups excluding carboxylic acids is 2. The van der Waals surface area contributed by atoms with Gasteiger partial charge in [-0.05, 0) is 36.8 Å². The molecule has 0 saturated heterocycles. The number of rotatable bonds is 4. The first-order valence-electron chi connectivity index (χ1n) is 9.74. The van der Waals surface area contributed by atoms with Crippen molar-refractivity contribution in [3.63, 3.8) is 0 Å². The average Bonchev–Trinajstić information content (AvgIpc) is 3.36. The van der Waals surface area contributed by atoms with Gasteiger partial charge in [0.15, 0.2) is 16.6 Å². The lowest BCUT2D eigenvalue weighted by molar-refractivity contribution is -0.121. The third kappa shape index (κ3) is 4.11. The van der Waals surface area contributed by atoms with Crippen LogP contribution in [0.3, 0.4) is 0 Å². The number of carbonyl (C=O) groups is 2. The topological polar surface area (TPSA) is 80.8 Å². The van der Waals surface area contributed by atoms with Crippen LogP contribution < -0.4 is 19.7 Å². The molecule has 2 aliphatic rings. The summed E-state index contributed by atoms with van der Waals surface area (Å²) in [7, 11) is 0. The molecule has 0 bridgehead atoms. The van der Waals surface area contributed by atoms with Gasteiger partial charge in [0.05, 0.1) is 11.4 Å². The van der Waals surface area contributed by atoms with Gasteiger partial charge < -0.3 is 19.7 Å². The number of thioether (sulfide) groups is 1. The fourth-order valence-electron chi connectivity index (χ4n) is 3.56. The van der Waals surface area contributed by atoms with Crippen LogP contribution in [-0.4, -0.2) is 30.1 Å². The van der Waals surface area contributed by atoms with E-state index >= 15 is 0 Å². The molecule has 0 spiro atoms. The fraction of sp³-hybridized carbons (Fsp3) is 0.227. The van der Waals surface area contributed by atoms with Crippen molar-refractivity contribution in [3.8, 4) is 11.5 Å². The Morgan fingerprint density at radius 1 is 1.23 bits per heavy atom. The summed E-state index contributed by atoms with van der Waals surface area (Å²) in [6.07, 6.45) is 0.266. The van der Waals surface area contributed by atoms with E-state index in [4.69, 9.17) is 9.47 Å². The van der Waals surface area contributed by atoms with E-state index in [9.17, 15) is 9.59 Å². The normalized spacial score (nSPS) is 17.3. The molecule has 0 aliphatic carbocycles. The number of nitrogens with zero attached hydrogens (tertiary/aromatic N) is 2. The fourth-order valence-corrected chi connectivity index (χ4v) is 5.54. The summed E-state index contributed by atoms with van der Waals surface area (Å²) >= 11 is 2.98. The standard InChI is InChI=1S/C22H19N3O4S2/c1-13-11-30-22(23-13)24-20(26)10-25-15-4-2-3-5-18(15)31-19(9-21(25)27)14-6-7-16-17(8-14)29-12-28-16/h2-8,11,19H,9-10,12H2,1H3,(H,23,24,26). The number of hydrogen-bond acceptors (Lipinski definition) is 7. The molecule has 31 heavy (non-hydrogen) atoms. The van der Waals surface area contributed by atoms with Gasteiger partial charge >= 0.3 is 0 Å². The van der Waals surface area contributed by atoms with E-state index in [2.05, 4.69) is 10.3 Å². The van der Waals surface area contributed by atoms with Crippen molar-refractivity contribution in [1.29, 1.82) is 0 Å². The van der Waals surface area contributed by atoms with Gasteiger partial charge in [0.1, 0.15) is 6.54 Å². The number of benzene rings is 2. The number of para-hydroxylation sites is 1. The van der Waals surface area contributed by atoms with Gasteiger partial charge in [-0.25, -0.2) is 4.98 Å². The summed E-state index contributed by atoms with van der Waals surface area (Å²) in [6, 6.07) is 13.5. The molecule has 0 fully saturated rings. The lowest BCUT2D eigenvalue weighted by Gasteiger charge is -2.21. The number of hydrogen-bond donors (Lipinski definition) is 1. The van der Waals surface area contributed by atoms with Gasteiger partial charge in [-0.3, -0.25) is 9.59 Å². The molecule has 7 nitrogen and oxygen atoms in total. The SMILES string of the molecule is Cc1csc(NC(=O)CN2C(=O)CC(c3ccc4c(c3)OCO4)Sc3ccccc32)n1. The lowest BCUT2D eigenvalue weighted by Crippen LogP contribution is -2.38. The molecule has 2 aliphatic heterocycles. The molecule has 1 unspecified atom stereocenters. The number of ether oxygens (including phenoxy) is 2. The van der Waals surface area contributed by atoms with Gasteiger partial charge in [0.2, 0.25) is 18.6 Å². The zero-order valence-electron chi connectivity index (χ0n) is 16.7. The van der Waals surface area contributed by atoms with Gasteiger partial charge in [-0.1, -0.05) is 18.2 Å². The van der Waals surface area contributed by atoms with Crippen molar-refractivity contribution >= 4 is 45.7 Å². The molecule has 1 N–H and O–H groups in total. The third-order valence-electron chi connectivity index (χ3n) is 5.02. The van der Waals surface area contributed by atoms with Gasteiger partial charge in [-0.15, -0.1) is 23.1 Å². The number of nitrogens with one attached hydrogen (secondary N) is 1. The Kier molecular flexibility index (Phi) is 5.29. The second-order valence-corrected chi connectivity index (χ2v) is 9.32. The molecule has 0 radical (unpaired) electrons. The molecular formula is C22H19N3O4S2. The summed E-state index contributed by atoms with van der Waals surface area (Å²) in [4.78, 5) is 32.7. The van der Waals surface area contributed by atoms with Crippen LogP contribution >= 0.6 is 23.1 Å². The van der Waals surface area contributed by atoms with Crippen LogP contribution in [0.15, 0.2) is 52.7 Å². The minimum absolute atomic E-state index is 0.0666. The Balaban J connectivity index is 1.40. The van der Waals surface area contributed by atoms with E-state index in [-0.39, 0.29) is 36.8 Å². The van der Waals surface area contributed by atoms with Gasteiger partial charge in [0, 0.05) is 21.9 Å². The third-order valence-corrected chi connectivity index (χ3v) is 7.22. The molecule has 1 aromatic heterocycles. The van der Waals surface area contributed by atoms with E-state index in [0.29, 0.717) is 16.6 Å². The number of amides is 2. The summed E-state index contributed by atoms with van der Waals surface area (Å²) in [5.41, 5.74) is 2.58. The summed E-state index contributed by atoms with van der Waals surface area (Å²) in [5, 5.41) is 5.09. The van der Waals surface area contributed by atoms with Crippen LogP contribution in [0.25, 0.3) is 0 Å². The monoisotopic (exact) mass is 453 g/mol. The lowest BCUT2D eigenvalue weighted by atomic mass is 10.1. The Hall–Kier alpha value is -3.04. The molecule has 5 rings (SSSR count). The Bertz CT molecular complexity index is 1160. The highest BCUT2D eigenvalue weighted by Gasteiger charge is 2.31. The van der Waals surface area contributed by atoms with Crippen LogP contribution in [0.4, 0.5) is 10.8 Å². The van der Waals surface area contributed by atoms with Crippen molar-refractivity contribution in [2.24, 2.45) is 0 Å². The van der Waals surface area contributed by atoms with Crippen molar-refractivity contribution in [3.05, 3.63) is 59.1 Å². The van der Waals surface area contributed by atoms with Gasteiger partial charge in [0.25, 0.3) is 0 Å². The highest BCUT2D eigenvalue weighted by atomic mass is 32.2. The highest BCUT2D eigenvalue weighted by Crippen LogP contribution is 2.47. The number of anilines is 2. The quantitative estimate of drug-likeness (QED) is 0.631. The maximum Gasteiger partial charge on any atom is 0.246 e. The molecule has 3 heterocycles. The van der Waals surface area contributed by atoms with Crippen molar-refractivity contribution < 1.29 is 19.1 Å². The second kappa shape index (κ2) is 8.24. The van der Waals surface area contributed by atoms with Crippen molar-refractivity contribution in [2.75, 3.05) is 23.6 Å². The minimum atomic E-state index is -0.274. The maximum absolute atomic E-state index is 13.3. The maximum atomic E-state index is 13.3. The second-order valence-electron chi connectivity index (χ2n) is 7.21. The largest absolute Gasteiger partial charge is 0.454 e. The Labute approximate surface area is 187 Å². The summed E-state index contributed by atoms with van der Waals surface area (Å²) in [5.74, 6) is 1.03. The first kappa shape index (κ1) is 19.9. The van der Waals surface area contributed by atoms with Crippen LogP contribution in [-0.2, 0) is 9.59 Å². The van der Waals surface area contributed by atoms with E-state index in [1.54, 1.807) is 16.7 Å². The molecule has 2 aromatic carbocycles. The average molecular weight is 454 g/mol. The molecule has 3 aromatic rings. The first-order chi connectivity index (χ1) is 15.1. The molecule has 9 heteroatoms. The van der Waals surface area contributed by atoms with E-state index in [0.717, 1.165) is 21.8 Å². The zero-order valence-corrected chi connectivity index (χ0v) is 18.3. The zero-order chi connectivity index (χ0) is 21.4. The predicted molar refractivity (Wildman–Crippen MR) is 120 cm³/mol. The highest BCUT2D eigenvalue weighted by molar-refractivity contribution is 7.99. The van der Waals surface area contributed by atoms with Crippen LogP contribution in [0.5, 0.6) is 11.5 Å². The Morgan fingerprint density at radius 2 is 2.06 bits per heavy atom. The predicted octanol–water partition coefficient (Wildman–Crippen LogP) is 4.39. The van der Waals surface area contributed by atoms with Crippen LogP contribution in [0.2, 0.25) is 0 Å². The van der Waals surface area contributed by atoms with Crippen LogP contribution in [0.1, 0.15) is 22.9 Å². The van der Waals surface area contributed by atoms with Crippen molar-refractivity contribution in [1.82, 2.24) is 4.98 Å². The van der Waals surface area contributed by atoms with Crippen molar-refractivity contribution in [2.45, 2.75) is 23.5 Å². The number of aromatic nitrogens is 1. The van der Waals surface area contributed by atoms with Crippen LogP contribution in [0, 0.1) is 6.92 Å².